The van der Waals surface area contributed by atoms with Crippen molar-refractivity contribution in [2.24, 2.45) is 0 Å². The highest BCUT2D eigenvalue weighted by atomic mass is 16.5. The molecule has 2 rings (SSSR count). The molecule has 0 heterocycles. The van der Waals surface area contributed by atoms with Gasteiger partial charge in [0.05, 0.1) is 6.10 Å². The Balaban J connectivity index is 2.00. The van der Waals surface area contributed by atoms with Gasteiger partial charge in [-0.1, -0.05) is 19.9 Å². The van der Waals surface area contributed by atoms with Gasteiger partial charge in [-0.25, -0.2) is 0 Å². The topological polar surface area (TPSA) is 41.5 Å². The van der Waals surface area contributed by atoms with Crippen LogP contribution in [0.1, 0.15) is 43.9 Å². The summed E-state index contributed by atoms with van der Waals surface area (Å²) in [6.07, 6.45) is 2.64. The summed E-state index contributed by atoms with van der Waals surface area (Å²) in [6, 6.07) is 6.79. The number of aryl methyl sites for hydroxylation is 1. The van der Waals surface area contributed by atoms with Crippen molar-refractivity contribution in [2.45, 2.75) is 45.3 Å². The van der Waals surface area contributed by atoms with Gasteiger partial charge in [0.2, 0.25) is 0 Å². The molecule has 0 bridgehead atoms. The molecule has 0 fully saturated rings. The molecule has 100 valence electrons. The second-order valence-corrected chi connectivity index (χ2v) is 4.88. The number of ether oxygens (including phenoxy) is 1. The molecular formula is C15H23NO2. The van der Waals surface area contributed by atoms with Gasteiger partial charge >= 0.3 is 0 Å². The van der Waals surface area contributed by atoms with Crippen molar-refractivity contribution < 1.29 is 9.84 Å². The lowest BCUT2D eigenvalue weighted by atomic mass is 10.1. The number of hydrogen-bond donors (Lipinski definition) is 2. The summed E-state index contributed by atoms with van der Waals surface area (Å²) in [7, 11) is 0. The highest BCUT2D eigenvalue weighted by Crippen LogP contribution is 2.33. The van der Waals surface area contributed by atoms with Gasteiger partial charge in [0.15, 0.2) is 0 Å². The van der Waals surface area contributed by atoms with Crippen LogP contribution in [-0.2, 0) is 6.42 Å². The van der Waals surface area contributed by atoms with Gasteiger partial charge in [0, 0.05) is 6.04 Å². The minimum Gasteiger partial charge on any atom is -0.491 e. The summed E-state index contributed by atoms with van der Waals surface area (Å²) in [6.45, 7) is 5.48. The Hall–Kier alpha value is -1.06. The van der Waals surface area contributed by atoms with Gasteiger partial charge in [-0.2, -0.15) is 0 Å². The number of fused-ring (bicyclic) bond motifs is 1. The van der Waals surface area contributed by atoms with Crippen LogP contribution in [0, 0.1) is 0 Å². The Morgan fingerprint density at radius 1 is 1.44 bits per heavy atom. The summed E-state index contributed by atoms with van der Waals surface area (Å²) in [4.78, 5) is 0. The Morgan fingerprint density at radius 2 is 2.28 bits per heavy atom. The van der Waals surface area contributed by atoms with Crippen molar-refractivity contribution in [2.75, 3.05) is 13.2 Å². The van der Waals surface area contributed by atoms with E-state index < -0.39 is 0 Å². The Morgan fingerprint density at radius 3 is 3.00 bits per heavy atom. The first-order chi connectivity index (χ1) is 8.74. The average Bonchev–Trinajstić information content (AvgIpc) is 2.79. The van der Waals surface area contributed by atoms with E-state index in [9.17, 15) is 5.11 Å². The van der Waals surface area contributed by atoms with Crippen molar-refractivity contribution in [3.8, 4) is 5.75 Å². The molecular weight excluding hydrogens is 226 g/mol. The number of hydrogen-bond acceptors (Lipinski definition) is 3. The van der Waals surface area contributed by atoms with E-state index in [-0.39, 0.29) is 6.10 Å². The first kappa shape index (κ1) is 13.4. The van der Waals surface area contributed by atoms with Crippen LogP contribution in [0.4, 0.5) is 0 Å². The average molecular weight is 249 g/mol. The summed E-state index contributed by atoms with van der Waals surface area (Å²) in [5.41, 5.74) is 2.78. The van der Waals surface area contributed by atoms with E-state index in [4.69, 9.17) is 4.74 Å². The third kappa shape index (κ3) is 3.03. The zero-order valence-electron chi connectivity index (χ0n) is 11.3. The van der Waals surface area contributed by atoms with Gasteiger partial charge in [0.25, 0.3) is 0 Å². The second-order valence-electron chi connectivity index (χ2n) is 4.88. The van der Waals surface area contributed by atoms with Crippen LogP contribution in [0.15, 0.2) is 18.2 Å². The van der Waals surface area contributed by atoms with Crippen LogP contribution in [0.25, 0.3) is 0 Å². The van der Waals surface area contributed by atoms with E-state index in [1.54, 1.807) is 0 Å². The molecule has 1 aromatic carbocycles. The predicted molar refractivity (Wildman–Crippen MR) is 73.0 cm³/mol. The molecule has 1 aromatic rings. The molecule has 0 aromatic heterocycles. The highest BCUT2D eigenvalue weighted by molar-refractivity contribution is 5.40. The molecule has 0 amide bonds. The summed E-state index contributed by atoms with van der Waals surface area (Å²) >= 11 is 0. The SMILES string of the molecule is CCNC1CCc2cc(OCC(O)CC)ccc21. The zero-order chi connectivity index (χ0) is 13.0. The van der Waals surface area contributed by atoms with Crippen molar-refractivity contribution in [1.82, 2.24) is 5.32 Å². The summed E-state index contributed by atoms with van der Waals surface area (Å²) in [5.74, 6) is 0.874. The first-order valence-corrected chi connectivity index (χ1v) is 6.91. The van der Waals surface area contributed by atoms with E-state index in [2.05, 4.69) is 24.4 Å². The smallest absolute Gasteiger partial charge is 0.119 e. The molecule has 0 saturated heterocycles. The van der Waals surface area contributed by atoms with E-state index in [1.807, 2.05) is 13.0 Å². The van der Waals surface area contributed by atoms with Gasteiger partial charge < -0.3 is 15.2 Å². The first-order valence-electron chi connectivity index (χ1n) is 6.91. The normalized spacial score (nSPS) is 19.6. The third-order valence-electron chi connectivity index (χ3n) is 3.56. The zero-order valence-corrected chi connectivity index (χ0v) is 11.3. The lowest BCUT2D eigenvalue weighted by molar-refractivity contribution is 0.104. The Labute approximate surface area is 109 Å². The van der Waals surface area contributed by atoms with E-state index in [1.165, 1.54) is 17.5 Å². The minimum absolute atomic E-state index is 0.368. The summed E-state index contributed by atoms with van der Waals surface area (Å²) < 4.78 is 5.61. The molecule has 3 heteroatoms. The van der Waals surface area contributed by atoms with Crippen molar-refractivity contribution in [3.05, 3.63) is 29.3 Å². The van der Waals surface area contributed by atoms with Gasteiger partial charge in [0.1, 0.15) is 12.4 Å². The number of aliphatic hydroxyl groups is 1. The Bertz CT molecular complexity index is 392. The van der Waals surface area contributed by atoms with Crippen molar-refractivity contribution in [3.63, 3.8) is 0 Å². The molecule has 3 nitrogen and oxygen atoms in total. The third-order valence-corrected chi connectivity index (χ3v) is 3.56. The molecule has 2 N–H and O–H groups in total. The molecule has 18 heavy (non-hydrogen) atoms. The molecule has 1 aliphatic rings. The van der Waals surface area contributed by atoms with Gasteiger partial charge in [-0.15, -0.1) is 0 Å². The van der Waals surface area contributed by atoms with E-state index in [0.717, 1.165) is 25.1 Å². The standard InChI is InChI=1S/C15H23NO2/c1-3-12(17)10-18-13-6-7-14-11(9-13)5-8-15(14)16-4-2/h6-7,9,12,15-17H,3-5,8,10H2,1-2H3. The van der Waals surface area contributed by atoms with Crippen LogP contribution < -0.4 is 10.1 Å². The van der Waals surface area contributed by atoms with Crippen LogP contribution in [0.3, 0.4) is 0 Å². The maximum Gasteiger partial charge on any atom is 0.119 e. The monoisotopic (exact) mass is 249 g/mol. The summed E-state index contributed by atoms with van der Waals surface area (Å²) in [5, 5.41) is 13.0. The van der Waals surface area contributed by atoms with Crippen LogP contribution in [0.2, 0.25) is 0 Å². The van der Waals surface area contributed by atoms with Crippen LogP contribution in [0.5, 0.6) is 5.75 Å². The number of nitrogens with one attached hydrogen (secondary N) is 1. The maximum atomic E-state index is 9.49. The highest BCUT2D eigenvalue weighted by Gasteiger charge is 2.21. The molecule has 0 aliphatic heterocycles. The Kier molecular flexibility index (Phi) is 4.61. The fraction of sp³-hybridized carbons (Fsp3) is 0.600. The fourth-order valence-corrected chi connectivity index (χ4v) is 2.45. The lowest BCUT2D eigenvalue weighted by Gasteiger charge is -2.14. The van der Waals surface area contributed by atoms with Gasteiger partial charge in [-0.05, 0) is 49.1 Å². The van der Waals surface area contributed by atoms with Crippen molar-refractivity contribution in [1.29, 1.82) is 0 Å². The largest absolute Gasteiger partial charge is 0.491 e. The number of benzene rings is 1. The predicted octanol–water partition coefficient (Wildman–Crippen LogP) is 2.43. The molecule has 0 saturated carbocycles. The second kappa shape index (κ2) is 6.21. The van der Waals surface area contributed by atoms with Crippen LogP contribution in [-0.4, -0.2) is 24.4 Å². The molecule has 2 atom stereocenters. The van der Waals surface area contributed by atoms with Crippen molar-refractivity contribution >= 4 is 0 Å². The number of aliphatic hydroxyl groups excluding tert-OH is 1. The molecule has 0 spiro atoms. The minimum atomic E-state index is -0.368. The van der Waals surface area contributed by atoms with E-state index >= 15 is 0 Å². The molecule has 1 aliphatic carbocycles. The quantitative estimate of drug-likeness (QED) is 0.813. The number of rotatable bonds is 6. The molecule has 0 radical (unpaired) electrons. The molecule has 2 unspecified atom stereocenters. The van der Waals surface area contributed by atoms with Gasteiger partial charge in [-0.3, -0.25) is 0 Å². The van der Waals surface area contributed by atoms with E-state index in [0.29, 0.717) is 12.6 Å². The maximum absolute atomic E-state index is 9.49. The lowest BCUT2D eigenvalue weighted by Crippen LogP contribution is -2.18. The van der Waals surface area contributed by atoms with Crippen LogP contribution >= 0.6 is 0 Å². The fourth-order valence-electron chi connectivity index (χ4n) is 2.45.